The van der Waals surface area contributed by atoms with Crippen LogP contribution in [-0.2, 0) is 6.54 Å². The molecule has 3 saturated heterocycles. The van der Waals surface area contributed by atoms with Gasteiger partial charge in [0.2, 0.25) is 0 Å². The van der Waals surface area contributed by atoms with E-state index >= 15 is 0 Å². The largest absolute Gasteiger partial charge is 0.508 e. The molecule has 164 valence electrons. The van der Waals surface area contributed by atoms with Gasteiger partial charge in [0, 0.05) is 72.4 Å². The lowest BCUT2D eigenvalue weighted by Gasteiger charge is -2.56. The van der Waals surface area contributed by atoms with Crippen molar-refractivity contribution < 1.29 is 9.50 Å². The number of halogens is 1. The van der Waals surface area contributed by atoms with Crippen LogP contribution in [-0.4, -0.2) is 50.1 Å². The number of aromatic hydroxyl groups is 1. The summed E-state index contributed by atoms with van der Waals surface area (Å²) in [6, 6.07) is 13.2. The fourth-order valence-corrected chi connectivity index (χ4v) is 5.14. The molecule has 6 heterocycles. The van der Waals surface area contributed by atoms with E-state index in [0.29, 0.717) is 29.8 Å². The molecule has 33 heavy (non-hydrogen) atoms. The molecule has 3 aliphatic heterocycles. The van der Waals surface area contributed by atoms with Crippen molar-refractivity contribution in [2.75, 3.05) is 18.0 Å². The number of piperidine rings is 1. The highest BCUT2D eigenvalue weighted by atomic mass is 19.1. The number of anilines is 1. The number of pyridine rings is 2. The number of H-pyrrole nitrogens is 1. The van der Waals surface area contributed by atoms with Crippen molar-refractivity contribution in [2.45, 2.75) is 25.0 Å². The number of piperazine rings is 1. The Labute approximate surface area is 189 Å². The number of aromatic amines is 1. The van der Waals surface area contributed by atoms with E-state index in [1.54, 1.807) is 6.20 Å². The average Bonchev–Trinajstić information content (AvgIpc) is 3.32. The third kappa shape index (κ3) is 3.20. The van der Waals surface area contributed by atoms with Crippen LogP contribution < -0.4 is 4.90 Å². The van der Waals surface area contributed by atoms with Crippen molar-refractivity contribution >= 4 is 16.9 Å². The molecule has 7 nitrogen and oxygen atoms in total. The summed E-state index contributed by atoms with van der Waals surface area (Å²) in [7, 11) is 0. The second-order valence-corrected chi connectivity index (χ2v) is 8.66. The Kier molecular flexibility index (Phi) is 4.52. The number of hydrogen-bond acceptors (Lipinski definition) is 6. The standard InChI is InChI=1S/C25H21FN6O/c26-21-2-1-3-22(33)20(21)14-32-17-8-18(32)13-31(12-17)23-5-4-15(10-29-23)24-16(9-27)11-30-25-19(24)6-7-28-25/h1-7,10-11,17-18,33H,8,12-14H2,(H,28,30). The van der Waals surface area contributed by atoms with E-state index in [-0.39, 0.29) is 11.6 Å². The lowest BCUT2D eigenvalue weighted by molar-refractivity contribution is -0.00996. The maximum absolute atomic E-state index is 14.2. The van der Waals surface area contributed by atoms with Crippen molar-refractivity contribution in [2.24, 2.45) is 0 Å². The van der Waals surface area contributed by atoms with Crippen molar-refractivity contribution in [1.82, 2.24) is 19.9 Å². The first-order valence-corrected chi connectivity index (χ1v) is 10.9. The Morgan fingerprint density at radius 3 is 2.70 bits per heavy atom. The lowest BCUT2D eigenvalue weighted by Crippen LogP contribution is -2.68. The number of nitrogens with one attached hydrogen (secondary N) is 1. The maximum atomic E-state index is 14.2. The van der Waals surface area contributed by atoms with Crippen LogP contribution in [0.1, 0.15) is 17.5 Å². The van der Waals surface area contributed by atoms with Crippen LogP contribution in [0.3, 0.4) is 0 Å². The highest BCUT2D eigenvalue weighted by Crippen LogP contribution is 2.37. The topological polar surface area (TPSA) is 92.1 Å². The second-order valence-electron chi connectivity index (χ2n) is 8.66. The quantitative estimate of drug-likeness (QED) is 0.502. The monoisotopic (exact) mass is 440 g/mol. The number of hydrogen-bond donors (Lipinski definition) is 2. The van der Waals surface area contributed by atoms with Crippen molar-refractivity contribution in [1.29, 1.82) is 5.26 Å². The molecule has 0 spiro atoms. The summed E-state index contributed by atoms with van der Waals surface area (Å²) in [5.41, 5.74) is 3.33. The first kappa shape index (κ1) is 19.7. The Hall–Kier alpha value is -3.96. The Morgan fingerprint density at radius 1 is 1.12 bits per heavy atom. The SMILES string of the molecule is N#Cc1cnc2[nH]ccc2c1-c1ccc(N2CC3CC(C2)N3Cc2c(O)cccc2F)nc1. The van der Waals surface area contributed by atoms with Crippen molar-refractivity contribution in [3.8, 4) is 22.9 Å². The summed E-state index contributed by atoms with van der Waals surface area (Å²) in [6.07, 6.45) is 6.28. The number of fused-ring (bicyclic) bond motifs is 3. The number of nitrogens with zero attached hydrogens (tertiary/aromatic N) is 5. The van der Waals surface area contributed by atoms with E-state index < -0.39 is 0 Å². The van der Waals surface area contributed by atoms with Crippen molar-refractivity contribution in [3.05, 3.63) is 71.9 Å². The molecular formula is C25H21FN6O. The molecular weight excluding hydrogens is 419 g/mol. The van der Waals surface area contributed by atoms with Gasteiger partial charge in [-0.3, -0.25) is 4.90 Å². The summed E-state index contributed by atoms with van der Waals surface area (Å²) in [4.78, 5) is 16.6. The molecule has 2 bridgehead atoms. The van der Waals surface area contributed by atoms with Crippen molar-refractivity contribution in [3.63, 3.8) is 0 Å². The van der Waals surface area contributed by atoms with Crippen LogP contribution in [0, 0.1) is 17.1 Å². The minimum Gasteiger partial charge on any atom is -0.508 e. The van der Waals surface area contributed by atoms with Crippen LogP contribution in [0.2, 0.25) is 0 Å². The highest BCUT2D eigenvalue weighted by Gasteiger charge is 2.45. The predicted molar refractivity (Wildman–Crippen MR) is 122 cm³/mol. The molecule has 4 aromatic rings. The molecule has 7 rings (SSSR count). The van der Waals surface area contributed by atoms with Gasteiger partial charge in [0.25, 0.3) is 0 Å². The Morgan fingerprint density at radius 2 is 1.97 bits per heavy atom. The summed E-state index contributed by atoms with van der Waals surface area (Å²) < 4.78 is 14.2. The van der Waals surface area contributed by atoms with Gasteiger partial charge >= 0.3 is 0 Å². The molecule has 0 saturated carbocycles. The number of phenols is 1. The number of aromatic nitrogens is 3. The van der Waals surface area contributed by atoms with Gasteiger partial charge in [-0.25, -0.2) is 14.4 Å². The molecule has 3 aromatic heterocycles. The third-order valence-corrected chi connectivity index (χ3v) is 6.85. The Bertz CT molecular complexity index is 1360. The maximum Gasteiger partial charge on any atom is 0.137 e. The van der Waals surface area contributed by atoms with E-state index in [2.05, 4.69) is 25.8 Å². The van der Waals surface area contributed by atoms with E-state index in [4.69, 9.17) is 4.98 Å². The molecule has 0 amide bonds. The van der Waals surface area contributed by atoms with Gasteiger partial charge in [-0.1, -0.05) is 6.07 Å². The van der Waals surface area contributed by atoms with Gasteiger partial charge in [-0.2, -0.15) is 5.26 Å². The zero-order chi connectivity index (χ0) is 22.5. The summed E-state index contributed by atoms with van der Waals surface area (Å²) in [5.74, 6) is 0.539. The normalized spacial score (nSPS) is 19.9. The van der Waals surface area contributed by atoms with Crippen LogP contribution >= 0.6 is 0 Å². The van der Waals surface area contributed by atoms with Gasteiger partial charge in [-0.15, -0.1) is 0 Å². The van der Waals surface area contributed by atoms with Crippen LogP contribution in [0.4, 0.5) is 10.2 Å². The summed E-state index contributed by atoms with van der Waals surface area (Å²) in [5, 5.41) is 20.5. The smallest absolute Gasteiger partial charge is 0.137 e. The molecule has 0 radical (unpaired) electrons. The van der Waals surface area contributed by atoms with Crippen LogP contribution in [0.15, 0.2) is 55.0 Å². The molecule has 3 aliphatic rings. The van der Waals surface area contributed by atoms with Crippen LogP contribution in [0.5, 0.6) is 5.75 Å². The van der Waals surface area contributed by atoms with Gasteiger partial charge in [-0.05, 0) is 36.8 Å². The zero-order valence-corrected chi connectivity index (χ0v) is 17.7. The van der Waals surface area contributed by atoms with Gasteiger partial charge < -0.3 is 15.0 Å². The number of rotatable bonds is 4. The van der Waals surface area contributed by atoms with Gasteiger partial charge in [0.15, 0.2) is 0 Å². The summed E-state index contributed by atoms with van der Waals surface area (Å²) >= 11 is 0. The molecule has 3 fully saturated rings. The molecule has 2 N–H and O–H groups in total. The molecule has 2 unspecified atom stereocenters. The molecule has 1 aromatic carbocycles. The van der Waals surface area contributed by atoms with Gasteiger partial charge in [0.05, 0.1) is 5.56 Å². The van der Waals surface area contributed by atoms with Gasteiger partial charge in [0.1, 0.15) is 29.1 Å². The molecule has 0 aliphatic carbocycles. The molecule has 2 atom stereocenters. The van der Waals surface area contributed by atoms with E-state index in [0.717, 1.165) is 47.5 Å². The van der Waals surface area contributed by atoms with E-state index in [1.807, 2.05) is 30.6 Å². The fourth-order valence-electron chi connectivity index (χ4n) is 5.14. The fraction of sp³-hybridized carbons (Fsp3) is 0.240. The zero-order valence-electron chi connectivity index (χ0n) is 17.7. The first-order chi connectivity index (χ1) is 16.1. The lowest BCUT2D eigenvalue weighted by atomic mass is 9.86. The summed E-state index contributed by atoms with van der Waals surface area (Å²) in [6.45, 7) is 2.03. The predicted octanol–water partition coefficient (Wildman–Crippen LogP) is 3.80. The minimum atomic E-state index is -0.363. The minimum absolute atomic E-state index is 0.0125. The van der Waals surface area contributed by atoms with E-state index in [9.17, 15) is 14.8 Å². The Balaban J connectivity index is 1.21. The average molecular weight is 440 g/mol. The third-order valence-electron chi connectivity index (χ3n) is 6.85. The molecule has 8 heteroatoms. The number of benzene rings is 1. The second kappa shape index (κ2) is 7.57. The number of nitriles is 1. The number of phenolic OH excluding ortho intramolecular Hbond substituents is 1. The van der Waals surface area contributed by atoms with Crippen LogP contribution in [0.25, 0.3) is 22.2 Å². The van der Waals surface area contributed by atoms with E-state index in [1.165, 1.54) is 18.2 Å². The first-order valence-electron chi connectivity index (χ1n) is 10.9. The highest BCUT2D eigenvalue weighted by molar-refractivity contribution is 5.95.